The molecule has 0 fully saturated rings. The minimum atomic E-state index is -5.66. The number of halogens is 6. The third-order valence-electron chi connectivity index (χ3n) is 3.14. The number of phenolic OH excluding ortho intramolecular Hbond substituents is 1. The van der Waals surface area contributed by atoms with Gasteiger partial charge in [0.15, 0.2) is 5.92 Å². The highest BCUT2D eigenvalue weighted by Crippen LogP contribution is 2.47. The molecular formula is C15H14F6O5. The number of alkyl halides is 6. The second kappa shape index (κ2) is 7.83. The summed E-state index contributed by atoms with van der Waals surface area (Å²) in [7, 11) is 0. The van der Waals surface area contributed by atoms with Crippen LogP contribution >= 0.6 is 0 Å². The molecule has 0 amide bonds. The number of ether oxygens (including phenoxy) is 2. The first-order chi connectivity index (χ1) is 11.7. The van der Waals surface area contributed by atoms with E-state index >= 15 is 0 Å². The fraction of sp³-hybridized carbons (Fsp3) is 0.467. The van der Waals surface area contributed by atoms with Crippen LogP contribution in [0, 0.1) is 0 Å². The summed E-state index contributed by atoms with van der Waals surface area (Å²) in [5, 5.41) is 9.98. The SMILES string of the molecule is CC(=O)OCc1cc(C(C(F)(F)F)C(F)(F)F)cc(COC(C)=O)c1O. The summed E-state index contributed by atoms with van der Waals surface area (Å²) >= 11 is 0. The Balaban J connectivity index is 3.49. The zero-order chi connectivity index (χ0) is 20.3. The quantitative estimate of drug-likeness (QED) is 0.615. The van der Waals surface area contributed by atoms with Gasteiger partial charge in [-0.25, -0.2) is 0 Å². The van der Waals surface area contributed by atoms with Crippen molar-refractivity contribution in [1.82, 2.24) is 0 Å². The second-order valence-corrected chi connectivity index (χ2v) is 5.26. The van der Waals surface area contributed by atoms with Crippen LogP contribution in [0.15, 0.2) is 12.1 Å². The van der Waals surface area contributed by atoms with Gasteiger partial charge in [-0.1, -0.05) is 0 Å². The van der Waals surface area contributed by atoms with E-state index in [1.165, 1.54) is 0 Å². The maximum atomic E-state index is 12.9. The van der Waals surface area contributed by atoms with Crippen molar-refractivity contribution in [2.75, 3.05) is 0 Å². The Bertz CT molecular complexity index is 627. The summed E-state index contributed by atoms with van der Waals surface area (Å²) in [5.41, 5.74) is -2.20. The van der Waals surface area contributed by atoms with Crippen molar-refractivity contribution >= 4 is 11.9 Å². The highest BCUT2D eigenvalue weighted by molar-refractivity contribution is 5.66. The smallest absolute Gasteiger partial charge is 0.404 e. The van der Waals surface area contributed by atoms with E-state index in [2.05, 4.69) is 9.47 Å². The third-order valence-corrected chi connectivity index (χ3v) is 3.14. The molecule has 0 aliphatic rings. The van der Waals surface area contributed by atoms with Crippen LogP contribution in [0.2, 0.25) is 0 Å². The van der Waals surface area contributed by atoms with E-state index in [-0.39, 0.29) is 0 Å². The number of esters is 2. The van der Waals surface area contributed by atoms with E-state index in [4.69, 9.17) is 0 Å². The van der Waals surface area contributed by atoms with E-state index in [0.29, 0.717) is 12.1 Å². The second-order valence-electron chi connectivity index (χ2n) is 5.26. The van der Waals surface area contributed by atoms with E-state index in [1.807, 2.05) is 0 Å². The molecular weight excluding hydrogens is 374 g/mol. The average Bonchev–Trinajstić information content (AvgIpc) is 2.42. The number of carbonyl (C=O) groups excluding carboxylic acids is 2. The molecule has 26 heavy (non-hydrogen) atoms. The van der Waals surface area contributed by atoms with Gasteiger partial charge in [0.25, 0.3) is 0 Å². The van der Waals surface area contributed by atoms with Gasteiger partial charge in [0.1, 0.15) is 19.0 Å². The lowest BCUT2D eigenvalue weighted by atomic mass is 9.93. The van der Waals surface area contributed by atoms with Crippen molar-refractivity contribution in [2.45, 2.75) is 45.3 Å². The predicted molar refractivity (Wildman–Crippen MR) is 73.9 cm³/mol. The molecule has 0 aromatic heterocycles. The van der Waals surface area contributed by atoms with Crippen LogP contribution in [0.5, 0.6) is 5.75 Å². The van der Waals surface area contributed by atoms with Crippen molar-refractivity contribution < 1.29 is 50.5 Å². The monoisotopic (exact) mass is 388 g/mol. The maximum absolute atomic E-state index is 12.9. The number of aromatic hydroxyl groups is 1. The highest BCUT2D eigenvalue weighted by Gasteiger charge is 2.57. The molecule has 1 aromatic rings. The van der Waals surface area contributed by atoms with Crippen LogP contribution < -0.4 is 0 Å². The minimum Gasteiger partial charge on any atom is -0.507 e. The summed E-state index contributed by atoms with van der Waals surface area (Å²) in [6.45, 7) is 0.416. The van der Waals surface area contributed by atoms with Gasteiger partial charge in [-0.05, 0) is 17.7 Å². The zero-order valence-corrected chi connectivity index (χ0v) is 13.5. The summed E-state index contributed by atoms with van der Waals surface area (Å²) in [4.78, 5) is 21.7. The molecule has 0 unspecified atom stereocenters. The lowest BCUT2D eigenvalue weighted by Gasteiger charge is -2.25. The summed E-state index contributed by atoms with van der Waals surface area (Å²) in [5.74, 6) is -6.29. The molecule has 1 aromatic carbocycles. The zero-order valence-electron chi connectivity index (χ0n) is 13.5. The van der Waals surface area contributed by atoms with Crippen LogP contribution in [0.3, 0.4) is 0 Å². The molecule has 0 saturated heterocycles. The number of hydrogen-bond acceptors (Lipinski definition) is 5. The van der Waals surface area contributed by atoms with Crippen molar-refractivity contribution in [3.05, 3.63) is 28.8 Å². The summed E-state index contributed by atoms with van der Waals surface area (Å²) in [6, 6.07) is 0.891. The maximum Gasteiger partial charge on any atom is 0.404 e. The van der Waals surface area contributed by atoms with Gasteiger partial charge < -0.3 is 14.6 Å². The van der Waals surface area contributed by atoms with Gasteiger partial charge in [0, 0.05) is 25.0 Å². The van der Waals surface area contributed by atoms with Gasteiger partial charge in [0.2, 0.25) is 0 Å². The van der Waals surface area contributed by atoms with Crippen LogP contribution in [0.4, 0.5) is 26.3 Å². The van der Waals surface area contributed by atoms with Crippen LogP contribution in [0.25, 0.3) is 0 Å². The fourth-order valence-corrected chi connectivity index (χ4v) is 2.10. The van der Waals surface area contributed by atoms with Gasteiger partial charge in [0.05, 0.1) is 0 Å². The Morgan fingerprint density at radius 1 is 0.923 bits per heavy atom. The van der Waals surface area contributed by atoms with Gasteiger partial charge >= 0.3 is 24.3 Å². The molecule has 0 radical (unpaired) electrons. The molecule has 0 atom stereocenters. The Morgan fingerprint density at radius 3 is 1.54 bits per heavy atom. The van der Waals surface area contributed by atoms with Gasteiger partial charge in [-0.2, -0.15) is 26.3 Å². The molecule has 1 N–H and O–H groups in total. The average molecular weight is 388 g/mol. The third kappa shape index (κ3) is 5.81. The molecule has 146 valence electrons. The van der Waals surface area contributed by atoms with E-state index < -0.39 is 65.9 Å². The fourth-order valence-electron chi connectivity index (χ4n) is 2.10. The summed E-state index contributed by atoms with van der Waals surface area (Å²) < 4.78 is 86.7. The van der Waals surface area contributed by atoms with Gasteiger partial charge in [-0.3, -0.25) is 9.59 Å². The van der Waals surface area contributed by atoms with E-state index in [0.717, 1.165) is 13.8 Å². The van der Waals surface area contributed by atoms with Crippen molar-refractivity contribution in [3.8, 4) is 5.75 Å². The molecule has 0 saturated carbocycles. The lowest BCUT2D eigenvalue weighted by Crippen LogP contribution is -2.34. The predicted octanol–water partition coefficient (Wildman–Crippen LogP) is 3.73. The van der Waals surface area contributed by atoms with Crippen LogP contribution in [-0.2, 0) is 32.3 Å². The number of hydrogen-bond donors (Lipinski definition) is 1. The Kier molecular flexibility index (Phi) is 6.50. The largest absolute Gasteiger partial charge is 0.507 e. The summed E-state index contributed by atoms with van der Waals surface area (Å²) in [6.07, 6.45) is -11.3. The topological polar surface area (TPSA) is 72.8 Å². The normalized spacial score (nSPS) is 12.2. The Morgan fingerprint density at radius 2 is 1.27 bits per heavy atom. The lowest BCUT2D eigenvalue weighted by molar-refractivity contribution is -0.253. The number of benzene rings is 1. The number of carbonyl (C=O) groups is 2. The molecule has 0 aliphatic heterocycles. The first kappa shape index (κ1) is 21.6. The van der Waals surface area contributed by atoms with Crippen molar-refractivity contribution in [2.24, 2.45) is 0 Å². The number of rotatable bonds is 5. The molecule has 0 aliphatic carbocycles. The Hall–Kier alpha value is -2.46. The molecule has 0 spiro atoms. The number of phenols is 1. The standard InChI is InChI=1S/C15H14F6O5/c1-7(22)25-5-10-3-9(13(14(16,17)18)15(19,20)21)4-11(12(10)24)6-26-8(2)23/h3-4,13,24H,5-6H2,1-2H3. The molecule has 0 heterocycles. The molecule has 1 rings (SSSR count). The first-order valence-corrected chi connectivity index (χ1v) is 6.98. The van der Waals surface area contributed by atoms with Crippen LogP contribution in [0.1, 0.15) is 36.5 Å². The molecule has 5 nitrogen and oxygen atoms in total. The first-order valence-electron chi connectivity index (χ1n) is 6.98. The van der Waals surface area contributed by atoms with Gasteiger partial charge in [-0.15, -0.1) is 0 Å². The van der Waals surface area contributed by atoms with Crippen molar-refractivity contribution in [1.29, 1.82) is 0 Å². The van der Waals surface area contributed by atoms with E-state index in [9.17, 15) is 41.0 Å². The van der Waals surface area contributed by atoms with E-state index in [1.54, 1.807) is 0 Å². The Labute approximate surface area is 143 Å². The molecule has 0 bridgehead atoms. The highest BCUT2D eigenvalue weighted by atomic mass is 19.4. The van der Waals surface area contributed by atoms with Crippen molar-refractivity contribution in [3.63, 3.8) is 0 Å². The molecule has 11 heteroatoms. The minimum absolute atomic E-state index is 0.446. The van der Waals surface area contributed by atoms with Crippen LogP contribution in [-0.4, -0.2) is 29.4 Å².